The molecule has 1 unspecified atom stereocenters. The molecule has 5 N–H and O–H groups in total. The van der Waals surface area contributed by atoms with Crippen LogP contribution in [0.3, 0.4) is 0 Å². The number of benzene rings is 2. The lowest BCUT2D eigenvalue weighted by Crippen LogP contribution is -2.39. The number of alkyl halides is 3. The fourth-order valence-corrected chi connectivity index (χ4v) is 3.80. The van der Waals surface area contributed by atoms with Crippen LogP contribution in [0.5, 0.6) is 0 Å². The highest BCUT2D eigenvalue weighted by Crippen LogP contribution is 2.25. The van der Waals surface area contributed by atoms with Gasteiger partial charge < -0.3 is 26.2 Å². The standard InChI is InChI=1S/C22H22Cl2N4O4.C2HF3O2/c23-15-7-14(8-16(24)10-15)18(11-21(30)31)28-20(29)12-26-22(32)13-3-1-4-17(9-13)27-19-5-2-6-25-19;3-2(4,5)1(6)7/h1,3-4,7-10,18H,2,5-6,11-12H2,(H,25,27)(H,26,32)(H,28,29)(H,30,31);(H,6,7). The number of amides is 2. The first-order chi connectivity index (χ1) is 18.2. The third kappa shape index (κ3) is 11.2. The van der Waals surface area contributed by atoms with Crippen molar-refractivity contribution in [2.45, 2.75) is 31.5 Å². The fourth-order valence-electron chi connectivity index (χ4n) is 3.26. The average Bonchev–Trinajstić information content (AvgIpc) is 3.34. The molecule has 2 aromatic rings. The minimum Gasteiger partial charge on any atom is -0.481 e. The Bertz CT molecular complexity index is 1240. The van der Waals surface area contributed by atoms with Crippen LogP contribution in [0.25, 0.3) is 0 Å². The van der Waals surface area contributed by atoms with Gasteiger partial charge in [-0.05, 0) is 48.4 Å². The summed E-state index contributed by atoms with van der Waals surface area (Å²) >= 11 is 12.0. The number of halogens is 5. The summed E-state index contributed by atoms with van der Waals surface area (Å²) in [5, 5.41) is 25.3. The number of hydrogen-bond acceptors (Lipinski definition) is 6. The Hall–Kier alpha value is -3.84. The molecule has 0 fully saturated rings. The van der Waals surface area contributed by atoms with Crippen molar-refractivity contribution in [2.75, 3.05) is 18.4 Å². The number of hydrogen-bond donors (Lipinski definition) is 5. The summed E-state index contributed by atoms with van der Waals surface area (Å²) in [5.74, 6) is -3.96. The van der Waals surface area contributed by atoms with Gasteiger partial charge in [0.15, 0.2) is 0 Å². The highest BCUT2D eigenvalue weighted by molar-refractivity contribution is 6.34. The molecule has 0 spiro atoms. The molecule has 0 saturated carbocycles. The van der Waals surface area contributed by atoms with Gasteiger partial charge >= 0.3 is 18.1 Å². The van der Waals surface area contributed by atoms with Crippen LogP contribution in [0.1, 0.15) is 41.2 Å². The van der Waals surface area contributed by atoms with Crippen LogP contribution in [-0.2, 0) is 14.4 Å². The summed E-state index contributed by atoms with van der Waals surface area (Å²) < 4.78 is 31.7. The summed E-state index contributed by atoms with van der Waals surface area (Å²) in [6.45, 7) is 0.468. The number of rotatable bonds is 8. The molecule has 0 aliphatic carbocycles. The largest absolute Gasteiger partial charge is 0.490 e. The maximum absolute atomic E-state index is 12.5. The van der Waals surface area contributed by atoms with Gasteiger partial charge in [0.2, 0.25) is 5.91 Å². The van der Waals surface area contributed by atoms with Gasteiger partial charge in [0.05, 0.1) is 19.0 Å². The van der Waals surface area contributed by atoms with E-state index in [-0.39, 0.29) is 13.0 Å². The van der Waals surface area contributed by atoms with Crippen molar-refractivity contribution in [1.29, 1.82) is 0 Å². The lowest BCUT2D eigenvalue weighted by molar-refractivity contribution is -0.192. The molecule has 2 amide bonds. The molecule has 0 radical (unpaired) electrons. The first kappa shape index (κ1) is 31.4. The molecule has 2 aromatic carbocycles. The lowest BCUT2D eigenvalue weighted by atomic mass is 10.0. The van der Waals surface area contributed by atoms with E-state index in [1.807, 2.05) is 6.07 Å². The van der Waals surface area contributed by atoms with Gasteiger partial charge in [-0.25, -0.2) is 4.79 Å². The van der Waals surface area contributed by atoms with Crippen molar-refractivity contribution in [2.24, 2.45) is 4.99 Å². The Kier molecular flexibility index (Phi) is 11.5. The molecule has 1 aliphatic heterocycles. The zero-order chi connectivity index (χ0) is 29.2. The molecule has 1 heterocycles. The normalized spacial score (nSPS) is 13.3. The monoisotopic (exact) mass is 590 g/mol. The van der Waals surface area contributed by atoms with Gasteiger partial charge in [0.1, 0.15) is 5.84 Å². The lowest BCUT2D eigenvalue weighted by Gasteiger charge is -2.18. The predicted molar refractivity (Wildman–Crippen MR) is 137 cm³/mol. The number of amidine groups is 1. The molecular weight excluding hydrogens is 568 g/mol. The van der Waals surface area contributed by atoms with Crippen LogP contribution in [0, 0.1) is 0 Å². The maximum atomic E-state index is 12.5. The van der Waals surface area contributed by atoms with E-state index in [1.54, 1.807) is 18.2 Å². The second kappa shape index (κ2) is 14.4. The van der Waals surface area contributed by atoms with Crippen LogP contribution in [-0.4, -0.2) is 59.1 Å². The zero-order valence-corrected chi connectivity index (χ0v) is 21.5. The Morgan fingerprint density at radius 1 is 1.03 bits per heavy atom. The molecule has 0 saturated heterocycles. The van der Waals surface area contributed by atoms with Crippen LogP contribution in [0.4, 0.5) is 18.9 Å². The zero-order valence-electron chi connectivity index (χ0n) is 20.0. The van der Waals surface area contributed by atoms with Crippen molar-refractivity contribution in [3.8, 4) is 0 Å². The van der Waals surface area contributed by atoms with Gasteiger partial charge in [-0.3, -0.25) is 19.4 Å². The van der Waals surface area contributed by atoms with E-state index >= 15 is 0 Å². The Labute approximate surface area is 230 Å². The topological polar surface area (TPSA) is 157 Å². The first-order valence-electron chi connectivity index (χ1n) is 11.2. The molecule has 210 valence electrons. The van der Waals surface area contributed by atoms with Gasteiger partial charge in [-0.1, -0.05) is 29.3 Å². The minimum atomic E-state index is -5.08. The number of carbonyl (C=O) groups excluding carboxylic acids is 2. The maximum Gasteiger partial charge on any atom is 0.490 e. The van der Waals surface area contributed by atoms with Gasteiger partial charge in [0, 0.05) is 34.3 Å². The van der Waals surface area contributed by atoms with E-state index in [2.05, 4.69) is 20.9 Å². The average molecular weight is 591 g/mol. The Morgan fingerprint density at radius 3 is 2.21 bits per heavy atom. The van der Waals surface area contributed by atoms with Crippen molar-refractivity contribution in [1.82, 2.24) is 10.6 Å². The van der Waals surface area contributed by atoms with Gasteiger partial charge in [-0.15, -0.1) is 0 Å². The Balaban J connectivity index is 0.000000673. The second-order valence-corrected chi connectivity index (χ2v) is 8.92. The Morgan fingerprint density at radius 2 is 1.67 bits per heavy atom. The molecule has 15 heteroatoms. The highest BCUT2D eigenvalue weighted by Gasteiger charge is 2.38. The first-order valence-corrected chi connectivity index (χ1v) is 12.0. The number of carbonyl (C=O) groups is 4. The highest BCUT2D eigenvalue weighted by atomic mass is 35.5. The van der Waals surface area contributed by atoms with Gasteiger partial charge in [-0.2, -0.15) is 13.2 Å². The van der Waals surface area contributed by atoms with E-state index in [1.165, 1.54) is 18.2 Å². The smallest absolute Gasteiger partial charge is 0.481 e. The molecule has 10 nitrogen and oxygen atoms in total. The molecule has 0 aromatic heterocycles. The van der Waals surface area contributed by atoms with E-state index in [4.69, 9.17) is 33.1 Å². The van der Waals surface area contributed by atoms with E-state index < -0.39 is 36.0 Å². The summed E-state index contributed by atoms with van der Waals surface area (Å²) in [5.41, 5.74) is 1.57. The van der Waals surface area contributed by atoms with Crippen LogP contribution >= 0.6 is 23.2 Å². The van der Waals surface area contributed by atoms with Crippen LogP contribution in [0.15, 0.2) is 47.5 Å². The molecule has 1 aliphatic rings. The summed E-state index contributed by atoms with van der Waals surface area (Å²) in [4.78, 5) is 49.4. The number of nitrogens with one attached hydrogen (secondary N) is 3. The summed E-state index contributed by atoms with van der Waals surface area (Å²) in [6, 6.07) is 10.6. The van der Waals surface area contributed by atoms with Gasteiger partial charge in [0.25, 0.3) is 5.91 Å². The molecular formula is C24H23Cl2F3N4O6. The molecule has 1 atom stereocenters. The second-order valence-electron chi connectivity index (χ2n) is 8.04. The molecule has 39 heavy (non-hydrogen) atoms. The van der Waals surface area contributed by atoms with E-state index in [0.717, 1.165) is 30.9 Å². The minimum absolute atomic E-state index is 0.322. The third-order valence-corrected chi connectivity index (χ3v) is 5.38. The van der Waals surface area contributed by atoms with Crippen LogP contribution < -0.4 is 16.0 Å². The van der Waals surface area contributed by atoms with E-state index in [9.17, 15) is 32.7 Å². The summed E-state index contributed by atoms with van der Waals surface area (Å²) in [6.07, 6.45) is -3.58. The molecule has 3 rings (SSSR count). The van der Waals surface area contributed by atoms with E-state index in [0.29, 0.717) is 21.2 Å². The number of aliphatic carboxylic acids is 2. The SMILES string of the molecule is O=C(O)C(F)(F)F.O=C(O)CC(NC(=O)CNC(=O)c1cccc(NC2=NCCC2)c1)c1cc(Cl)cc(Cl)c1. The number of carboxylic acids is 2. The third-order valence-electron chi connectivity index (χ3n) is 4.94. The number of anilines is 1. The predicted octanol–water partition coefficient (Wildman–Crippen LogP) is 4.29. The number of nitrogens with zero attached hydrogens (tertiary/aromatic N) is 1. The fraction of sp³-hybridized carbons (Fsp3) is 0.292. The molecule has 0 bridgehead atoms. The van der Waals surface area contributed by atoms with Crippen molar-refractivity contribution in [3.05, 3.63) is 63.6 Å². The number of carboxylic acid groups (broad SMARTS) is 2. The number of aliphatic imine (C=N–C) groups is 1. The quantitative estimate of drug-likeness (QED) is 0.307. The van der Waals surface area contributed by atoms with Crippen LogP contribution in [0.2, 0.25) is 10.0 Å². The van der Waals surface area contributed by atoms with Crippen molar-refractivity contribution < 1.29 is 42.6 Å². The van der Waals surface area contributed by atoms with Crippen molar-refractivity contribution >= 4 is 58.5 Å². The van der Waals surface area contributed by atoms with Crippen molar-refractivity contribution in [3.63, 3.8) is 0 Å². The summed E-state index contributed by atoms with van der Waals surface area (Å²) in [7, 11) is 0.